The largest absolute Gasteiger partial charge is 0.378 e. The third kappa shape index (κ3) is 3.73. The molecule has 0 aliphatic carbocycles. The second-order valence-corrected chi connectivity index (χ2v) is 7.24. The van der Waals surface area contributed by atoms with E-state index >= 15 is 0 Å². The summed E-state index contributed by atoms with van der Waals surface area (Å²) >= 11 is 5.28. The van der Waals surface area contributed by atoms with E-state index in [2.05, 4.69) is 65.2 Å². The number of morpholine rings is 1. The third-order valence-electron chi connectivity index (χ3n) is 3.91. The highest BCUT2D eigenvalue weighted by Gasteiger charge is 2.21. The highest BCUT2D eigenvalue weighted by Crippen LogP contribution is 2.20. The van der Waals surface area contributed by atoms with Crippen LogP contribution in [0.5, 0.6) is 0 Å². The average molecular weight is 345 g/mol. The van der Waals surface area contributed by atoms with E-state index in [-0.39, 0.29) is 5.41 Å². The van der Waals surface area contributed by atoms with Crippen molar-refractivity contribution >= 4 is 24.1 Å². The Morgan fingerprint density at radius 2 is 1.88 bits per heavy atom. The van der Waals surface area contributed by atoms with Crippen molar-refractivity contribution in [1.29, 1.82) is 0 Å². The lowest BCUT2D eigenvalue weighted by molar-refractivity contribution is 0.122. The van der Waals surface area contributed by atoms with E-state index < -0.39 is 0 Å². The van der Waals surface area contributed by atoms with Crippen molar-refractivity contribution in [2.45, 2.75) is 26.2 Å². The standard InChI is InChI=1S/C17H23N5OS/c1-17(2,3)15-19-20-16(24)22(15)18-12-13-4-6-14(7-5-13)21-8-10-23-11-9-21/h4-7,12H,8-11H2,1-3H3,(H,20,24)/b18-12-. The van der Waals surface area contributed by atoms with Crippen molar-refractivity contribution in [1.82, 2.24) is 14.9 Å². The minimum atomic E-state index is -0.134. The van der Waals surface area contributed by atoms with Crippen LogP contribution in [0.3, 0.4) is 0 Å². The average Bonchev–Trinajstić information content (AvgIpc) is 2.95. The summed E-state index contributed by atoms with van der Waals surface area (Å²) in [5.74, 6) is 0.814. The molecule has 0 amide bonds. The van der Waals surface area contributed by atoms with Crippen molar-refractivity contribution in [2.24, 2.45) is 5.10 Å². The van der Waals surface area contributed by atoms with E-state index in [1.165, 1.54) is 5.69 Å². The number of benzene rings is 1. The lowest BCUT2D eigenvalue weighted by Crippen LogP contribution is -2.36. The Bertz CT molecular complexity index is 764. The highest BCUT2D eigenvalue weighted by atomic mass is 32.1. The molecule has 0 bridgehead atoms. The molecule has 128 valence electrons. The molecule has 7 heteroatoms. The zero-order valence-corrected chi connectivity index (χ0v) is 15.1. The monoisotopic (exact) mass is 345 g/mol. The number of nitrogens with zero attached hydrogens (tertiary/aromatic N) is 4. The van der Waals surface area contributed by atoms with E-state index in [4.69, 9.17) is 17.0 Å². The van der Waals surface area contributed by atoms with Crippen LogP contribution in [0.1, 0.15) is 32.2 Å². The fourth-order valence-electron chi connectivity index (χ4n) is 2.60. The molecule has 0 unspecified atom stereocenters. The van der Waals surface area contributed by atoms with Gasteiger partial charge in [-0.05, 0) is 29.9 Å². The van der Waals surface area contributed by atoms with Crippen LogP contribution in [0.4, 0.5) is 5.69 Å². The summed E-state index contributed by atoms with van der Waals surface area (Å²) in [4.78, 5) is 2.33. The first-order valence-electron chi connectivity index (χ1n) is 8.10. The summed E-state index contributed by atoms with van der Waals surface area (Å²) in [5, 5.41) is 11.6. The van der Waals surface area contributed by atoms with Gasteiger partial charge in [0, 0.05) is 24.2 Å². The van der Waals surface area contributed by atoms with E-state index in [9.17, 15) is 0 Å². The number of aromatic amines is 1. The first-order valence-corrected chi connectivity index (χ1v) is 8.51. The zero-order chi connectivity index (χ0) is 17.2. The van der Waals surface area contributed by atoms with Gasteiger partial charge in [-0.25, -0.2) is 0 Å². The zero-order valence-electron chi connectivity index (χ0n) is 14.3. The smallest absolute Gasteiger partial charge is 0.216 e. The minimum absolute atomic E-state index is 0.134. The Balaban J connectivity index is 1.78. The van der Waals surface area contributed by atoms with Crippen LogP contribution in [0.15, 0.2) is 29.4 Å². The Labute approximate surface area is 147 Å². The van der Waals surface area contributed by atoms with Crippen molar-refractivity contribution in [3.63, 3.8) is 0 Å². The number of ether oxygens (including phenoxy) is 1. The summed E-state index contributed by atoms with van der Waals surface area (Å²) in [5.41, 5.74) is 2.10. The molecular formula is C17H23N5OS. The molecule has 3 rings (SSSR count). The second-order valence-electron chi connectivity index (χ2n) is 6.85. The predicted octanol–water partition coefficient (Wildman–Crippen LogP) is 2.96. The molecule has 1 aromatic heterocycles. The van der Waals surface area contributed by atoms with Gasteiger partial charge >= 0.3 is 0 Å². The Morgan fingerprint density at radius 3 is 2.50 bits per heavy atom. The molecular weight excluding hydrogens is 322 g/mol. The summed E-state index contributed by atoms with van der Waals surface area (Å²) in [7, 11) is 0. The first-order chi connectivity index (χ1) is 11.4. The quantitative estimate of drug-likeness (QED) is 0.686. The fourth-order valence-corrected chi connectivity index (χ4v) is 2.78. The Kier molecular flexibility index (Phi) is 4.82. The van der Waals surface area contributed by atoms with Gasteiger partial charge in [0.2, 0.25) is 4.77 Å². The van der Waals surface area contributed by atoms with Gasteiger partial charge in [-0.15, -0.1) is 0 Å². The molecule has 1 fully saturated rings. The topological polar surface area (TPSA) is 58.4 Å². The normalized spacial score (nSPS) is 16.0. The molecule has 0 radical (unpaired) electrons. The second kappa shape index (κ2) is 6.86. The van der Waals surface area contributed by atoms with Crippen LogP contribution in [0.25, 0.3) is 0 Å². The number of hydrogen-bond acceptors (Lipinski definition) is 5. The predicted molar refractivity (Wildman–Crippen MR) is 98.6 cm³/mol. The highest BCUT2D eigenvalue weighted by molar-refractivity contribution is 7.71. The minimum Gasteiger partial charge on any atom is -0.378 e. The number of hydrogen-bond donors (Lipinski definition) is 1. The Hall–Kier alpha value is -1.99. The van der Waals surface area contributed by atoms with Crippen LogP contribution in [0.2, 0.25) is 0 Å². The number of anilines is 1. The molecule has 1 aliphatic rings. The molecule has 1 N–H and O–H groups in total. The number of rotatable bonds is 3. The molecule has 1 aromatic carbocycles. The molecule has 1 saturated heterocycles. The maximum atomic E-state index is 5.39. The van der Waals surface area contributed by atoms with E-state index in [1.54, 1.807) is 4.68 Å². The molecule has 24 heavy (non-hydrogen) atoms. The molecule has 2 heterocycles. The van der Waals surface area contributed by atoms with Crippen LogP contribution in [-0.2, 0) is 10.2 Å². The van der Waals surface area contributed by atoms with Crippen LogP contribution in [-0.4, -0.2) is 47.4 Å². The third-order valence-corrected chi connectivity index (χ3v) is 4.18. The summed E-state index contributed by atoms with van der Waals surface area (Å²) in [6, 6.07) is 8.36. The van der Waals surface area contributed by atoms with Crippen molar-refractivity contribution in [3.05, 3.63) is 40.4 Å². The van der Waals surface area contributed by atoms with Gasteiger partial charge in [0.1, 0.15) is 0 Å². The maximum Gasteiger partial charge on any atom is 0.216 e. The van der Waals surface area contributed by atoms with E-state index in [0.717, 1.165) is 37.7 Å². The van der Waals surface area contributed by atoms with Crippen LogP contribution in [0, 0.1) is 4.77 Å². The fraction of sp³-hybridized carbons (Fsp3) is 0.471. The SMILES string of the molecule is CC(C)(C)c1n[nH]c(=S)n1/N=C\c1ccc(N2CCOCC2)cc1. The van der Waals surface area contributed by atoms with Crippen LogP contribution >= 0.6 is 12.2 Å². The van der Waals surface area contributed by atoms with Gasteiger partial charge in [0.25, 0.3) is 0 Å². The van der Waals surface area contributed by atoms with Gasteiger partial charge in [0.05, 0.1) is 19.4 Å². The van der Waals surface area contributed by atoms with E-state index in [0.29, 0.717) is 4.77 Å². The van der Waals surface area contributed by atoms with Gasteiger partial charge in [0.15, 0.2) is 5.82 Å². The molecule has 2 aromatic rings. The molecule has 0 atom stereocenters. The van der Waals surface area contributed by atoms with E-state index in [1.807, 2.05) is 6.21 Å². The summed E-state index contributed by atoms with van der Waals surface area (Å²) in [6.45, 7) is 9.71. The summed E-state index contributed by atoms with van der Waals surface area (Å²) in [6.07, 6.45) is 1.81. The molecule has 0 saturated carbocycles. The maximum absolute atomic E-state index is 5.39. The van der Waals surface area contributed by atoms with Crippen molar-refractivity contribution in [3.8, 4) is 0 Å². The van der Waals surface area contributed by atoms with Crippen molar-refractivity contribution < 1.29 is 4.74 Å². The van der Waals surface area contributed by atoms with Crippen LogP contribution < -0.4 is 4.90 Å². The summed E-state index contributed by atoms with van der Waals surface area (Å²) < 4.78 is 7.58. The molecule has 1 aliphatic heterocycles. The lowest BCUT2D eigenvalue weighted by atomic mass is 9.96. The molecule has 6 nitrogen and oxygen atoms in total. The van der Waals surface area contributed by atoms with Crippen molar-refractivity contribution in [2.75, 3.05) is 31.2 Å². The van der Waals surface area contributed by atoms with Gasteiger partial charge in [-0.2, -0.15) is 14.9 Å². The first kappa shape index (κ1) is 16.9. The van der Waals surface area contributed by atoms with Gasteiger partial charge < -0.3 is 9.64 Å². The Morgan fingerprint density at radius 1 is 1.21 bits per heavy atom. The number of H-pyrrole nitrogens is 1. The van der Waals surface area contributed by atoms with Gasteiger partial charge in [-0.1, -0.05) is 32.9 Å². The van der Waals surface area contributed by atoms with Gasteiger partial charge in [-0.3, -0.25) is 5.10 Å². The molecule has 0 spiro atoms. The lowest BCUT2D eigenvalue weighted by Gasteiger charge is -2.28. The number of nitrogens with one attached hydrogen (secondary N) is 1. The number of aromatic nitrogens is 3.